The van der Waals surface area contributed by atoms with E-state index in [1.807, 2.05) is 42.5 Å². The fourth-order valence-electron chi connectivity index (χ4n) is 2.87. The van der Waals surface area contributed by atoms with Crippen molar-refractivity contribution in [1.82, 2.24) is 10.3 Å². The minimum atomic E-state index is -0.449. The molecule has 118 valence electrons. The molecule has 5 nitrogen and oxygen atoms in total. The van der Waals surface area contributed by atoms with E-state index in [1.54, 1.807) is 24.9 Å². The van der Waals surface area contributed by atoms with Crippen LogP contribution in [0, 0.1) is 0 Å². The number of nitrogens with one attached hydrogen (secondary N) is 2. The highest BCUT2D eigenvalue weighted by molar-refractivity contribution is 5.84. The number of benzene rings is 1. The van der Waals surface area contributed by atoms with Crippen molar-refractivity contribution in [3.63, 3.8) is 0 Å². The quantitative estimate of drug-likeness (QED) is 0.714. The van der Waals surface area contributed by atoms with Crippen molar-refractivity contribution in [3.05, 3.63) is 72.4 Å². The molecule has 0 spiro atoms. The number of carbonyl (C=O) groups is 1. The summed E-state index contributed by atoms with van der Waals surface area (Å²) in [6.45, 7) is 0. The average molecular weight is 317 g/mol. The van der Waals surface area contributed by atoms with Crippen LogP contribution in [-0.4, -0.2) is 11.3 Å². The lowest BCUT2D eigenvalue weighted by Crippen LogP contribution is -2.23. The molecule has 0 bridgehead atoms. The van der Waals surface area contributed by atoms with E-state index in [0.29, 0.717) is 5.82 Å². The number of hydrogen-bond acceptors (Lipinski definition) is 5. The summed E-state index contributed by atoms with van der Waals surface area (Å²) < 4.78 is 5.19. The van der Waals surface area contributed by atoms with E-state index >= 15 is 0 Å². The van der Waals surface area contributed by atoms with E-state index in [0.717, 1.165) is 34.2 Å². The molecule has 1 aliphatic heterocycles. The zero-order valence-electron chi connectivity index (χ0n) is 12.8. The fourth-order valence-corrected chi connectivity index (χ4v) is 2.87. The van der Waals surface area contributed by atoms with Crippen LogP contribution < -0.4 is 10.6 Å². The summed E-state index contributed by atoms with van der Waals surface area (Å²) in [5, 5.41) is 6.37. The number of hydrogen-bond donors (Lipinski definition) is 2. The van der Waals surface area contributed by atoms with Gasteiger partial charge in [-0.1, -0.05) is 18.2 Å². The van der Waals surface area contributed by atoms with Crippen LogP contribution in [0.15, 0.2) is 65.7 Å². The molecule has 0 fully saturated rings. The van der Waals surface area contributed by atoms with E-state index in [4.69, 9.17) is 4.42 Å². The Balaban J connectivity index is 1.86. The van der Waals surface area contributed by atoms with Gasteiger partial charge in [0.15, 0.2) is 0 Å². The molecule has 2 N–H and O–H groups in total. The van der Waals surface area contributed by atoms with Gasteiger partial charge in [-0.15, -0.1) is 0 Å². The maximum absolute atomic E-state index is 11.6. The Kier molecular flexibility index (Phi) is 3.59. The van der Waals surface area contributed by atoms with Gasteiger partial charge in [0.25, 0.3) is 0 Å². The van der Waals surface area contributed by atoms with E-state index in [1.165, 1.54) is 0 Å². The van der Waals surface area contributed by atoms with Crippen LogP contribution >= 0.6 is 0 Å². The molecule has 0 amide bonds. The molecule has 0 saturated heterocycles. The van der Waals surface area contributed by atoms with Gasteiger partial charge < -0.3 is 19.8 Å². The van der Waals surface area contributed by atoms with Crippen molar-refractivity contribution < 1.29 is 9.21 Å². The number of anilines is 2. The second-order valence-electron chi connectivity index (χ2n) is 5.46. The molecule has 0 aliphatic carbocycles. The van der Waals surface area contributed by atoms with Gasteiger partial charge in [0.1, 0.15) is 18.1 Å². The van der Waals surface area contributed by atoms with Gasteiger partial charge in [0.2, 0.25) is 0 Å². The predicted molar refractivity (Wildman–Crippen MR) is 92.6 cm³/mol. The van der Waals surface area contributed by atoms with Crippen molar-refractivity contribution in [2.45, 2.75) is 6.04 Å². The number of furan rings is 1. The first-order valence-corrected chi connectivity index (χ1v) is 7.62. The van der Waals surface area contributed by atoms with Crippen LogP contribution in [0.5, 0.6) is 0 Å². The highest BCUT2D eigenvalue weighted by atomic mass is 16.3. The fraction of sp³-hybridized carbons (Fsp3) is 0.0526. The van der Waals surface area contributed by atoms with Gasteiger partial charge in [-0.2, -0.15) is 0 Å². The summed E-state index contributed by atoms with van der Waals surface area (Å²) >= 11 is 0. The van der Waals surface area contributed by atoms with Gasteiger partial charge in [-0.3, -0.25) is 0 Å². The van der Waals surface area contributed by atoms with Crippen LogP contribution in [0.2, 0.25) is 0 Å². The number of fused-ring (bicyclic) bond motifs is 1. The summed E-state index contributed by atoms with van der Waals surface area (Å²) in [6, 6.07) is 11.2. The smallest absolute Gasteiger partial charge is 0.146 e. The highest BCUT2D eigenvalue weighted by Crippen LogP contribution is 2.36. The summed E-state index contributed by atoms with van der Waals surface area (Å²) in [7, 11) is 0. The van der Waals surface area contributed by atoms with Gasteiger partial charge in [-0.05, 0) is 36.0 Å². The molecule has 4 rings (SSSR count). The molecular weight excluding hydrogens is 302 g/mol. The first-order chi connectivity index (χ1) is 11.9. The molecular formula is C19H15N3O2. The summed E-state index contributed by atoms with van der Waals surface area (Å²) in [6.07, 6.45) is 9.73. The van der Waals surface area contributed by atoms with Gasteiger partial charge in [0, 0.05) is 28.6 Å². The van der Waals surface area contributed by atoms with E-state index in [-0.39, 0.29) is 0 Å². The Morgan fingerprint density at radius 2 is 2.08 bits per heavy atom. The van der Waals surface area contributed by atoms with Crippen molar-refractivity contribution >= 4 is 23.9 Å². The second kappa shape index (κ2) is 6.04. The third kappa shape index (κ3) is 2.46. The number of aldehydes is 1. The van der Waals surface area contributed by atoms with Gasteiger partial charge in [-0.25, -0.2) is 4.98 Å². The number of pyridine rings is 1. The monoisotopic (exact) mass is 317 g/mol. The van der Waals surface area contributed by atoms with Crippen molar-refractivity contribution in [2.24, 2.45) is 0 Å². The third-order valence-electron chi connectivity index (χ3n) is 4.00. The van der Waals surface area contributed by atoms with E-state index < -0.39 is 6.04 Å². The van der Waals surface area contributed by atoms with Crippen LogP contribution in [0.3, 0.4) is 0 Å². The second-order valence-corrected chi connectivity index (χ2v) is 5.46. The molecule has 1 atom stereocenters. The number of nitrogens with zero attached hydrogens (tertiary/aromatic N) is 1. The topological polar surface area (TPSA) is 67.2 Å². The lowest BCUT2D eigenvalue weighted by atomic mass is 9.93. The number of rotatable bonds is 4. The molecule has 5 heteroatoms. The SMILES string of the molecule is O=CC1NC=Cc2c(-c3ccoc3)cnc(Nc3ccccc3)c21. The molecule has 1 aromatic carbocycles. The molecule has 1 unspecified atom stereocenters. The molecule has 1 aliphatic rings. The minimum absolute atomic E-state index is 0.449. The minimum Gasteiger partial charge on any atom is -0.472 e. The van der Waals surface area contributed by atoms with Crippen LogP contribution in [0.1, 0.15) is 17.2 Å². The van der Waals surface area contributed by atoms with Gasteiger partial charge >= 0.3 is 0 Å². The third-order valence-corrected chi connectivity index (χ3v) is 4.00. The summed E-state index contributed by atoms with van der Waals surface area (Å²) in [5.74, 6) is 0.664. The normalized spacial score (nSPS) is 15.4. The van der Waals surface area contributed by atoms with E-state index in [9.17, 15) is 4.79 Å². The Hall–Kier alpha value is -3.34. The van der Waals surface area contributed by atoms with Crippen LogP contribution in [0.4, 0.5) is 11.5 Å². The first kappa shape index (κ1) is 14.3. The van der Waals surface area contributed by atoms with Crippen molar-refractivity contribution in [1.29, 1.82) is 0 Å². The van der Waals surface area contributed by atoms with Gasteiger partial charge in [0.05, 0.1) is 12.5 Å². The Morgan fingerprint density at radius 1 is 1.21 bits per heavy atom. The molecule has 3 aromatic rings. The van der Waals surface area contributed by atoms with Crippen LogP contribution in [-0.2, 0) is 4.79 Å². The van der Waals surface area contributed by atoms with Crippen LogP contribution in [0.25, 0.3) is 17.2 Å². The van der Waals surface area contributed by atoms with Crippen molar-refractivity contribution in [3.8, 4) is 11.1 Å². The highest BCUT2D eigenvalue weighted by Gasteiger charge is 2.24. The average Bonchev–Trinajstić information content (AvgIpc) is 3.16. The zero-order valence-corrected chi connectivity index (χ0v) is 12.8. The molecule has 0 radical (unpaired) electrons. The first-order valence-electron chi connectivity index (χ1n) is 7.62. The van der Waals surface area contributed by atoms with E-state index in [2.05, 4.69) is 15.6 Å². The lowest BCUT2D eigenvalue weighted by molar-refractivity contribution is -0.109. The lowest BCUT2D eigenvalue weighted by Gasteiger charge is -2.24. The number of carbonyl (C=O) groups excluding carboxylic acids is 1. The summed E-state index contributed by atoms with van der Waals surface area (Å²) in [4.78, 5) is 16.1. The zero-order chi connectivity index (χ0) is 16.4. The molecule has 24 heavy (non-hydrogen) atoms. The Morgan fingerprint density at radius 3 is 2.83 bits per heavy atom. The molecule has 2 aromatic heterocycles. The summed E-state index contributed by atoms with van der Waals surface area (Å²) in [5.41, 5.74) is 4.57. The predicted octanol–water partition coefficient (Wildman–Crippen LogP) is 3.90. The maximum Gasteiger partial charge on any atom is 0.146 e. The molecule has 3 heterocycles. The Labute approximate surface area is 139 Å². The number of para-hydroxylation sites is 1. The largest absolute Gasteiger partial charge is 0.472 e. The molecule has 0 saturated carbocycles. The maximum atomic E-state index is 11.6. The van der Waals surface area contributed by atoms with Crippen molar-refractivity contribution in [2.75, 3.05) is 5.32 Å². The standard InChI is InChI=1S/C19H15N3O2/c23-11-17-18-15(6-8-20-17)16(13-7-9-24-12-13)10-21-19(18)22-14-4-2-1-3-5-14/h1-12,17,20H,(H,21,22). The number of aromatic nitrogens is 1. The Bertz CT molecular complexity index is 886.